The van der Waals surface area contributed by atoms with Gasteiger partial charge in [0, 0.05) is 13.1 Å². The van der Waals surface area contributed by atoms with E-state index >= 15 is 0 Å². The Kier molecular flexibility index (Phi) is 4.35. The molecule has 1 heterocycles. The lowest BCUT2D eigenvalue weighted by Gasteiger charge is -2.19. The van der Waals surface area contributed by atoms with Crippen LogP contribution < -0.4 is 5.32 Å². The van der Waals surface area contributed by atoms with Crippen molar-refractivity contribution in [3.63, 3.8) is 0 Å². The molecular weight excluding hydrogens is 178 g/mol. The summed E-state index contributed by atoms with van der Waals surface area (Å²) in [6.07, 6.45) is 3.18. The van der Waals surface area contributed by atoms with Crippen LogP contribution >= 0.6 is 0 Å². The Morgan fingerprint density at radius 2 is 2.29 bits per heavy atom. The average molecular weight is 201 g/mol. The summed E-state index contributed by atoms with van der Waals surface area (Å²) in [7, 11) is 0. The molecule has 0 aromatic carbocycles. The monoisotopic (exact) mass is 201 g/mol. The minimum Gasteiger partial charge on any atom is -0.392 e. The first-order valence-electron chi connectivity index (χ1n) is 5.60. The van der Waals surface area contributed by atoms with E-state index in [1.807, 2.05) is 6.92 Å². The van der Waals surface area contributed by atoms with Crippen LogP contribution in [0.15, 0.2) is 0 Å². The largest absolute Gasteiger partial charge is 0.392 e. The molecule has 1 aliphatic rings. The summed E-state index contributed by atoms with van der Waals surface area (Å²) in [6.45, 7) is 7.79. The number of ether oxygens (including phenoxy) is 1. The highest BCUT2D eigenvalue weighted by atomic mass is 16.5. The fraction of sp³-hybridized carbons (Fsp3) is 1.00. The number of aliphatic hydroxyl groups is 1. The molecule has 0 aliphatic carbocycles. The van der Waals surface area contributed by atoms with Crippen LogP contribution in [-0.2, 0) is 4.74 Å². The van der Waals surface area contributed by atoms with Gasteiger partial charge in [0.05, 0.1) is 17.8 Å². The Labute approximate surface area is 86.8 Å². The molecule has 3 heteroatoms. The molecule has 0 spiro atoms. The molecule has 2 unspecified atom stereocenters. The summed E-state index contributed by atoms with van der Waals surface area (Å²) in [5.74, 6) is 0. The van der Waals surface area contributed by atoms with Gasteiger partial charge in [-0.1, -0.05) is 6.92 Å². The summed E-state index contributed by atoms with van der Waals surface area (Å²) in [4.78, 5) is 0. The molecule has 2 atom stereocenters. The summed E-state index contributed by atoms with van der Waals surface area (Å²) in [5.41, 5.74) is 0.0513. The maximum absolute atomic E-state index is 9.33. The van der Waals surface area contributed by atoms with Crippen LogP contribution in [0.2, 0.25) is 0 Å². The van der Waals surface area contributed by atoms with Gasteiger partial charge in [-0.15, -0.1) is 0 Å². The molecule has 1 saturated heterocycles. The summed E-state index contributed by atoms with van der Waals surface area (Å²) < 4.78 is 5.82. The molecular formula is C11H23NO2. The number of hydrogen-bond donors (Lipinski definition) is 2. The second-order valence-corrected chi connectivity index (χ2v) is 4.76. The van der Waals surface area contributed by atoms with Crippen LogP contribution in [0.4, 0.5) is 0 Å². The van der Waals surface area contributed by atoms with Crippen molar-refractivity contribution in [1.29, 1.82) is 0 Å². The van der Waals surface area contributed by atoms with Crippen LogP contribution in [0, 0.1) is 0 Å². The van der Waals surface area contributed by atoms with Crippen molar-refractivity contribution in [2.45, 2.75) is 57.8 Å². The molecule has 0 aromatic heterocycles. The topological polar surface area (TPSA) is 41.5 Å². The van der Waals surface area contributed by atoms with E-state index in [0.717, 1.165) is 25.8 Å². The molecule has 0 bridgehead atoms. The minimum absolute atomic E-state index is 0.0513. The lowest BCUT2D eigenvalue weighted by atomic mass is 10.1. The van der Waals surface area contributed by atoms with Crippen LogP contribution in [0.5, 0.6) is 0 Å². The predicted molar refractivity (Wildman–Crippen MR) is 57.4 cm³/mol. The van der Waals surface area contributed by atoms with E-state index in [1.165, 1.54) is 0 Å². The first kappa shape index (κ1) is 12.0. The van der Waals surface area contributed by atoms with Gasteiger partial charge in [0.1, 0.15) is 0 Å². The summed E-state index contributed by atoms with van der Waals surface area (Å²) >= 11 is 0. The van der Waals surface area contributed by atoms with Crippen molar-refractivity contribution >= 4 is 0 Å². The Morgan fingerprint density at radius 3 is 2.79 bits per heavy atom. The van der Waals surface area contributed by atoms with Crippen molar-refractivity contribution in [3.8, 4) is 0 Å². The first-order valence-corrected chi connectivity index (χ1v) is 5.60. The lowest BCUT2D eigenvalue weighted by molar-refractivity contribution is -0.0150. The van der Waals surface area contributed by atoms with Gasteiger partial charge < -0.3 is 15.2 Å². The highest BCUT2D eigenvalue weighted by Crippen LogP contribution is 2.28. The second kappa shape index (κ2) is 5.10. The zero-order valence-electron chi connectivity index (χ0n) is 9.55. The maximum atomic E-state index is 9.33. The van der Waals surface area contributed by atoms with E-state index in [4.69, 9.17) is 4.74 Å². The van der Waals surface area contributed by atoms with Crippen molar-refractivity contribution < 1.29 is 9.84 Å². The summed E-state index contributed by atoms with van der Waals surface area (Å²) in [5, 5.41) is 12.6. The van der Waals surface area contributed by atoms with Crippen LogP contribution in [0.25, 0.3) is 0 Å². The van der Waals surface area contributed by atoms with Crippen molar-refractivity contribution in [1.82, 2.24) is 5.32 Å². The Balaban J connectivity index is 2.09. The van der Waals surface area contributed by atoms with Gasteiger partial charge in [-0.3, -0.25) is 0 Å². The van der Waals surface area contributed by atoms with Gasteiger partial charge in [-0.05, 0) is 33.1 Å². The number of nitrogens with one attached hydrogen (secondary N) is 1. The number of rotatable bonds is 5. The van der Waals surface area contributed by atoms with E-state index in [0.29, 0.717) is 12.6 Å². The molecule has 0 amide bonds. The zero-order chi connectivity index (χ0) is 10.6. The molecule has 0 aromatic rings. The van der Waals surface area contributed by atoms with E-state index in [-0.39, 0.29) is 11.7 Å². The fourth-order valence-electron chi connectivity index (χ4n) is 1.78. The molecule has 2 N–H and O–H groups in total. The van der Waals surface area contributed by atoms with E-state index in [1.54, 1.807) is 0 Å². The average Bonchev–Trinajstić information content (AvgIpc) is 2.45. The van der Waals surface area contributed by atoms with Crippen molar-refractivity contribution in [3.05, 3.63) is 0 Å². The zero-order valence-corrected chi connectivity index (χ0v) is 9.55. The van der Waals surface area contributed by atoms with E-state index in [9.17, 15) is 5.11 Å². The van der Waals surface area contributed by atoms with Gasteiger partial charge >= 0.3 is 0 Å². The molecule has 1 aliphatic heterocycles. The normalized spacial score (nSPS) is 27.9. The third-order valence-electron chi connectivity index (χ3n) is 2.78. The minimum atomic E-state index is -0.218. The quantitative estimate of drug-likeness (QED) is 0.704. The molecule has 3 nitrogen and oxygen atoms in total. The lowest BCUT2D eigenvalue weighted by Crippen LogP contribution is -2.34. The summed E-state index contributed by atoms with van der Waals surface area (Å²) in [6, 6.07) is 0. The molecule has 1 rings (SSSR count). The van der Waals surface area contributed by atoms with Crippen LogP contribution in [0.3, 0.4) is 0 Å². The van der Waals surface area contributed by atoms with Crippen molar-refractivity contribution in [2.75, 3.05) is 13.1 Å². The molecule has 1 fully saturated rings. The number of hydrogen-bond acceptors (Lipinski definition) is 3. The fourth-order valence-corrected chi connectivity index (χ4v) is 1.78. The smallest absolute Gasteiger partial charge is 0.0707 e. The molecule has 0 saturated carbocycles. The van der Waals surface area contributed by atoms with Crippen LogP contribution in [0.1, 0.15) is 40.0 Å². The predicted octanol–water partition coefficient (Wildman–Crippen LogP) is 1.30. The Bertz CT molecular complexity index is 171. The molecule has 14 heavy (non-hydrogen) atoms. The Morgan fingerprint density at radius 1 is 1.57 bits per heavy atom. The third kappa shape index (κ3) is 3.95. The van der Waals surface area contributed by atoms with E-state index in [2.05, 4.69) is 19.2 Å². The van der Waals surface area contributed by atoms with E-state index < -0.39 is 0 Å². The Hall–Kier alpha value is -0.120. The van der Waals surface area contributed by atoms with Gasteiger partial charge in [0.2, 0.25) is 0 Å². The van der Waals surface area contributed by atoms with Gasteiger partial charge in [-0.25, -0.2) is 0 Å². The standard InChI is InChI=1S/C11H23NO2/c1-4-9(13)7-12-8-10-5-6-11(2,3)14-10/h9-10,12-13H,4-8H2,1-3H3. The highest BCUT2D eigenvalue weighted by Gasteiger charge is 2.31. The number of aliphatic hydroxyl groups excluding tert-OH is 1. The molecule has 0 radical (unpaired) electrons. The third-order valence-corrected chi connectivity index (χ3v) is 2.78. The maximum Gasteiger partial charge on any atom is 0.0707 e. The highest BCUT2D eigenvalue weighted by molar-refractivity contribution is 4.81. The second-order valence-electron chi connectivity index (χ2n) is 4.76. The van der Waals surface area contributed by atoms with Gasteiger partial charge in [0.15, 0.2) is 0 Å². The first-order chi connectivity index (χ1) is 6.53. The molecule has 84 valence electrons. The van der Waals surface area contributed by atoms with Gasteiger partial charge in [-0.2, -0.15) is 0 Å². The SMILES string of the molecule is CCC(O)CNCC1CCC(C)(C)O1. The van der Waals surface area contributed by atoms with Crippen molar-refractivity contribution in [2.24, 2.45) is 0 Å². The van der Waals surface area contributed by atoms with Gasteiger partial charge in [0.25, 0.3) is 0 Å². The van der Waals surface area contributed by atoms with Crippen LogP contribution in [-0.4, -0.2) is 36.0 Å².